The van der Waals surface area contributed by atoms with Gasteiger partial charge in [0.2, 0.25) is 0 Å². The first kappa shape index (κ1) is 15.0. The Morgan fingerprint density at radius 3 is 2.39 bits per heavy atom. The summed E-state index contributed by atoms with van der Waals surface area (Å²) in [5, 5.41) is 3.53. The highest BCUT2D eigenvalue weighted by atomic mass is 15.1. The van der Waals surface area contributed by atoms with E-state index in [1.54, 1.807) is 0 Å². The molecule has 102 valence electrons. The Kier molecular flexibility index (Phi) is 6.81. The SMILES string of the molecule is CCCNC(C)CCN(C)c1ccc(CC)cc1. The van der Waals surface area contributed by atoms with Crippen LogP contribution in [-0.4, -0.2) is 26.2 Å². The van der Waals surface area contributed by atoms with Crippen molar-refractivity contribution in [2.24, 2.45) is 0 Å². The second kappa shape index (κ2) is 8.15. The van der Waals surface area contributed by atoms with Crippen LogP contribution in [0.1, 0.15) is 39.2 Å². The lowest BCUT2D eigenvalue weighted by atomic mass is 10.1. The summed E-state index contributed by atoms with van der Waals surface area (Å²) in [6.45, 7) is 8.89. The lowest BCUT2D eigenvalue weighted by Gasteiger charge is -2.22. The third-order valence-corrected chi connectivity index (χ3v) is 3.43. The highest BCUT2D eigenvalue weighted by molar-refractivity contribution is 5.46. The minimum absolute atomic E-state index is 0.599. The summed E-state index contributed by atoms with van der Waals surface area (Å²) in [4.78, 5) is 2.34. The lowest BCUT2D eigenvalue weighted by Crippen LogP contribution is -2.31. The van der Waals surface area contributed by atoms with Crippen molar-refractivity contribution in [1.82, 2.24) is 5.32 Å². The van der Waals surface area contributed by atoms with E-state index < -0.39 is 0 Å². The minimum Gasteiger partial charge on any atom is -0.375 e. The van der Waals surface area contributed by atoms with Gasteiger partial charge in [-0.3, -0.25) is 0 Å². The topological polar surface area (TPSA) is 15.3 Å². The molecule has 0 amide bonds. The van der Waals surface area contributed by atoms with Crippen molar-refractivity contribution in [2.45, 2.75) is 46.1 Å². The van der Waals surface area contributed by atoms with Gasteiger partial charge in [-0.1, -0.05) is 26.0 Å². The maximum absolute atomic E-state index is 3.53. The van der Waals surface area contributed by atoms with E-state index in [0.29, 0.717) is 6.04 Å². The van der Waals surface area contributed by atoms with Gasteiger partial charge in [0.15, 0.2) is 0 Å². The zero-order chi connectivity index (χ0) is 13.4. The second-order valence-electron chi connectivity index (χ2n) is 5.09. The van der Waals surface area contributed by atoms with E-state index in [9.17, 15) is 0 Å². The molecule has 0 aromatic heterocycles. The molecule has 0 saturated carbocycles. The molecule has 0 spiro atoms. The quantitative estimate of drug-likeness (QED) is 0.758. The van der Waals surface area contributed by atoms with Gasteiger partial charge in [0.05, 0.1) is 0 Å². The van der Waals surface area contributed by atoms with Gasteiger partial charge in [-0.15, -0.1) is 0 Å². The fourth-order valence-electron chi connectivity index (χ4n) is 2.00. The van der Waals surface area contributed by atoms with E-state index in [-0.39, 0.29) is 0 Å². The molecular weight excluding hydrogens is 220 g/mol. The molecule has 0 aliphatic heterocycles. The largest absolute Gasteiger partial charge is 0.375 e. The summed E-state index contributed by atoms with van der Waals surface area (Å²) in [6, 6.07) is 9.50. The first-order valence-corrected chi connectivity index (χ1v) is 7.20. The molecule has 2 heteroatoms. The van der Waals surface area contributed by atoms with Gasteiger partial charge in [-0.2, -0.15) is 0 Å². The summed E-state index contributed by atoms with van der Waals surface area (Å²) in [6.07, 6.45) is 3.51. The number of benzene rings is 1. The molecule has 0 aliphatic rings. The molecule has 2 nitrogen and oxygen atoms in total. The van der Waals surface area contributed by atoms with Crippen LogP contribution in [0.3, 0.4) is 0 Å². The predicted molar refractivity (Wildman–Crippen MR) is 81.5 cm³/mol. The summed E-state index contributed by atoms with van der Waals surface area (Å²) in [5.41, 5.74) is 2.72. The normalized spacial score (nSPS) is 12.4. The Morgan fingerprint density at radius 2 is 1.83 bits per heavy atom. The third kappa shape index (κ3) is 5.09. The number of hydrogen-bond donors (Lipinski definition) is 1. The number of aryl methyl sites for hydroxylation is 1. The van der Waals surface area contributed by atoms with Gasteiger partial charge >= 0.3 is 0 Å². The fourth-order valence-corrected chi connectivity index (χ4v) is 2.00. The second-order valence-corrected chi connectivity index (χ2v) is 5.09. The van der Waals surface area contributed by atoms with Crippen LogP contribution in [-0.2, 0) is 6.42 Å². The smallest absolute Gasteiger partial charge is 0.0363 e. The Morgan fingerprint density at radius 1 is 1.17 bits per heavy atom. The van der Waals surface area contributed by atoms with Crippen molar-refractivity contribution in [3.05, 3.63) is 29.8 Å². The zero-order valence-corrected chi connectivity index (χ0v) is 12.4. The number of nitrogens with one attached hydrogen (secondary N) is 1. The van der Waals surface area contributed by atoms with E-state index in [4.69, 9.17) is 0 Å². The van der Waals surface area contributed by atoms with Crippen molar-refractivity contribution in [2.75, 3.05) is 25.0 Å². The molecule has 0 saturated heterocycles. The molecule has 1 atom stereocenters. The van der Waals surface area contributed by atoms with Gasteiger partial charge in [-0.25, -0.2) is 0 Å². The minimum atomic E-state index is 0.599. The standard InChI is InChI=1S/C16H28N2/c1-5-12-17-14(3)11-13-18(4)16-9-7-15(6-2)8-10-16/h7-10,14,17H,5-6,11-13H2,1-4H3. The van der Waals surface area contributed by atoms with Crippen LogP contribution in [0.15, 0.2) is 24.3 Å². The maximum Gasteiger partial charge on any atom is 0.0363 e. The number of rotatable bonds is 8. The van der Waals surface area contributed by atoms with Gasteiger partial charge in [-0.05, 0) is 50.4 Å². The molecule has 0 heterocycles. The van der Waals surface area contributed by atoms with Crippen molar-refractivity contribution in [3.8, 4) is 0 Å². The van der Waals surface area contributed by atoms with Crippen LogP contribution < -0.4 is 10.2 Å². The molecule has 0 fully saturated rings. The summed E-state index contributed by atoms with van der Waals surface area (Å²) >= 11 is 0. The molecule has 1 N–H and O–H groups in total. The lowest BCUT2D eigenvalue weighted by molar-refractivity contribution is 0.515. The average Bonchev–Trinajstić information content (AvgIpc) is 2.42. The van der Waals surface area contributed by atoms with Crippen LogP contribution in [0.2, 0.25) is 0 Å². The summed E-state index contributed by atoms with van der Waals surface area (Å²) in [5.74, 6) is 0. The summed E-state index contributed by atoms with van der Waals surface area (Å²) in [7, 11) is 2.17. The molecular formula is C16H28N2. The van der Waals surface area contributed by atoms with Gasteiger partial charge in [0, 0.05) is 25.3 Å². The molecule has 1 aromatic carbocycles. The third-order valence-electron chi connectivity index (χ3n) is 3.43. The molecule has 1 aromatic rings. The van der Waals surface area contributed by atoms with Crippen LogP contribution in [0.25, 0.3) is 0 Å². The van der Waals surface area contributed by atoms with Gasteiger partial charge < -0.3 is 10.2 Å². The van der Waals surface area contributed by atoms with Crippen LogP contribution in [0.5, 0.6) is 0 Å². The van der Waals surface area contributed by atoms with E-state index in [2.05, 4.69) is 62.3 Å². The highest BCUT2D eigenvalue weighted by Crippen LogP contribution is 2.14. The van der Waals surface area contributed by atoms with Gasteiger partial charge in [0.25, 0.3) is 0 Å². The Labute approximate surface area is 112 Å². The molecule has 1 rings (SSSR count). The first-order chi connectivity index (χ1) is 8.67. The average molecular weight is 248 g/mol. The number of anilines is 1. The summed E-state index contributed by atoms with van der Waals surface area (Å²) < 4.78 is 0. The highest BCUT2D eigenvalue weighted by Gasteiger charge is 2.04. The monoisotopic (exact) mass is 248 g/mol. The van der Waals surface area contributed by atoms with Crippen molar-refractivity contribution in [3.63, 3.8) is 0 Å². The van der Waals surface area contributed by atoms with Gasteiger partial charge in [0.1, 0.15) is 0 Å². The van der Waals surface area contributed by atoms with Crippen molar-refractivity contribution < 1.29 is 0 Å². The maximum atomic E-state index is 3.53. The fraction of sp³-hybridized carbons (Fsp3) is 0.625. The Bertz CT molecular complexity index is 318. The van der Waals surface area contributed by atoms with E-state index >= 15 is 0 Å². The zero-order valence-electron chi connectivity index (χ0n) is 12.4. The van der Waals surface area contributed by atoms with Crippen molar-refractivity contribution >= 4 is 5.69 Å². The van der Waals surface area contributed by atoms with E-state index in [1.807, 2.05) is 0 Å². The first-order valence-electron chi connectivity index (χ1n) is 7.20. The van der Waals surface area contributed by atoms with Crippen LogP contribution >= 0.6 is 0 Å². The molecule has 0 bridgehead atoms. The molecule has 1 unspecified atom stereocenters. The number of nitrogens with zero attached hydrogens (tertiary/aromatic N) is 1. The molecule has 0 radical (unpaired) electrons. The number of hydrogen-bond acceptors (Lipinski definition) is 2. The van der Waals surface area contributed by atoms with Crippen molar-refractivity contribution in [1.29, 1.82) is 0 Å². The van der Waals surface area contributed by atoms with Crippen LogP contribution in [0, 0.1) is 0 Å². The predicted octanol–water partition coefficient (Wildman–Crippen LogP) is 3.46. The molecule has 0 aliphatic carbocycles. The Balaban J connectivity index is 2.37. The van der Waals surface area contributed by atoms with E-state index in [1.165, 1.54) is 24.1 Å². The van der Waals surface area contributed by atoms with E-state index in [0.717, 1.165) is 19.5 Å². The molecule has 18 heavy (non-hydrogen) atoms. The Hall–Kier alpha value is -1.02. The van der Waals surface area contributed by atoms with Crippen LogP contribution in [0.4, 0.5) is 5.69 Å².